The van der Waals surface area contributed by atoms with Gasteiger partial charge in [-0.05, 0) is 41.8 Å². The summed E-state index contributed by atoms with van der Waals surface area (Å²) in [5.74, 6) is -0.225. The fraction of sp³-hybridized carbons (Fsp3) is 0.211. The van der Waals surface area contributed by atoms with E-state index >= 15 is 0 Å². The number of benzene rings is 2. The molecule has 0 atom stereocenters. The molecule has 1 amide bonds. The van der Waals surface area contributed by atoms with Gasteiger partial charge in [-0.25, -0.2) is 0 Å². The molecule has 0 aliphatic carbocycles. The van der Waals surface area contributed by atoms with Crippen LogP contribution >= 0.6 is 11.6 Å². The number of phenols is 1. The number of aromatic hydroxyl groups is 1. The number of nitrogens with one attached hydrogen (secondary N) is 1. The van der Waals surface area contributed by atoms with Gasteiger partial charge in [0.25, 0.3) is 5.91 Å². The molecule has 0 saturated heterocycles. The van der Waals surface area contributed by atoms with E-state index in [0.29, 0.717) is 22.8 Å². The lowest BCUT2D eigenvalue weighted by Crippen LogP contribution is -2.26. The Kier molecular flexibility index (Phi) is 7.43. The van der Waals surface area contributed by atoms with Crippen LogP contribution in [0.25, 0.3) is 5.57 Å². The average molecular weight is 398 g/mol. The summed E-state index contributed by atoms with van der Waals surface area (Å²) < 4.78 is 33.9. The van der Waals surface area contributed by atoms with Gasteiger partial charge >= 0.3 is 6.61 Å². The van der Waals surface area contributed by atoms with E-state index < -0.39 is 12.5 Å². The zero-order valence-corrected chi connectivity index (χ0v) is 15.2. The van der Waals surface area contributed by atoms with Gasteiger partial charge in [0.2, 0.25) is 0 Å². The van der Waals surface area contributed by atoms with E-state index in [0.717, 1.165) is 11.8 Å². The maximum absolute atomic E-state index is 12.4. The molecule has 2 rings (SSSR count). The van der Waals surface area contributed by atoms with Gasteiger partial charge < -0.3 is 19.9 Å². The molecule has 2 N–H and O–H groups in total. The Labute approximate surface area is 160 Å². The largest absolute Gasteiger partial charge is 0.504 e. The number of carbonyl (C=O) groups excluding carboxylic acids is 1. The summed E-state index contributed by atoms with van der Waals surface area (Å²) in [7, 11) is 1.44. The number of carbonyl (C=O) groups is 1. The van der Waals surface area contributed by atoms with Crippen LogP contribution in [0.15, 0.2) is 48.7 Å². The monoisotopic (exact) mass is 397 g/mol. The van der Waals surface area contributed by atoms with Crippen molar-refractivity contribution in [3.05, 3.63) is 64.9 Å². The quantitative estimate of drug-likeness (QED) is 0.522. The van der Waals surface area contributed by atoms with E-state index in [9.17, 15) is 18.7 Å². The van der Waals surface area contributed by atoms with Crippen LogP contribution in [0.4, 0.5) is 8.78 Å². The van der Waals surface area contributed by atoms with Crippen molar-refractivity contribution in [2.75, 3.05) is 13.7 Å². The van der Waals surface area contributed by atoms with Gasteiger partial charge in [-0.1, -0.05) is 29.8 Å². The molecule has 27 heavy (non-hydrogen) atoms. The van der Waals surface area contributed by atoms with Crippen molar-refractivity contribution < 1.29 is 28.2 Å². The summed E-state index contributed by atoms with van der Waals surface area (Å²) >= 11 is 5.81. The van der Waals surface area contributed by atoms with Crippen LogP contribution in [-0.4, -0.2) is 31.3 Å². The molecule has 0 aliphatic heterocycles. The lowest BCUT2D eigenvalue weighted by molar-refractivity contribution is -0.116. The smallest absolute Gasteiger partial charge is 0.386 e. The first-order valence-corrected chi connectivity index (χ1v) is 8.32. The SMILES string of the molecule is COc1cc(CCNC(=O)C(=COC(F)F)c2ccc(Cl)cc2)ccc1O. The Morgan fingerprint density at radius 3 is 2.59 bits per heavy atom. The number of amides is 1. The number of phenolic OH excluding ortho intramolecular Hbond substituents is 1. The molecule has 0 bridgehead atoms. The molecule has 0 saturated carbocycles. The second-order valence-corrected chi connectivity index (χ2v) is 5.88. The van der Waals surface area contributed by atoms with Gasteiger partial charge in [-0.2, -0.15) is 8.78 Å². The Bertz CT molecular complexity index is 810. The number of hydrogen-bond acceptors (Lipinski definition) is 4. The van der Waals surface area contributed by atoms with Crippen LogP contribution in [0, 0.1) is 0 Å². The third-order valence-electron chi connectivity index (χ3n) is 3.63. The molecule has 8 heteroatoms. The number of halogens is 3. The number of rotatable bonds is 8. The topological polar surface area (TPSA) is 67.8 Å². The molecule has 0 aliphatic rings. The van der Waals surface area contributed by atoms with Gasteiger partial charge in [0.05, 0.1) is 12.7 Å². The average Bonchev–Trinajstić information content (AvgIpc) is 2.64. The number of ether oxygens (including phenoxy) is 2. The number of hydrogen-bond donors (Lipinski definition) is 2. The summed E-state index contributed by atoms with van der Waals surface area (Å²) in [6.45, 7) is -2.80. The van der Waals surface area contributed by atoms with E-state index in [4.69, 9.17) is 16.3 Å². The lowest BCUT2D eigenvalue weighted by atomic mass is 10.1. The van der Waals surface area contributed by atoms with Gasteiger partial charge in [0.15, 0.2) is 11.5 Å². The van der Waals surface area contributed by atoms with Crippen LogP contribution in [0.2, 0.25) is 5.02 Å². The van der Waals surface area contributed by atoms with Crippen molar-refractivity contribution in [3.8, 4) is 11.5 Å². The Hall–Kier alpha value is -2.80. The molecule has 0 spiro atoms. The van der Waals surface area contributed by atoms with Crippen LogP contribution in [0.3, 0.4) is 0 Å². The summed E-state index contributed by atoms with van der Waals surface area (Å²) in [6, 6.07) is 11.0. The zero-order chi connectivity index (χ0) is 19.8. The van der Waals surface area contributed by atoms with E-state index in [1.807, 2.05) is 0 Å². The summed E-state index contributed by atoms with van der Waals surface area (Å²) in [5.41, 5.74) is 1.17. The van der Waals surface area contributed by atoms with Crippen molar-refractivity contribution in [2.45, 2.75) is 13.0 Å². The minimum Gasteiger partial charge on any atom is -0.504 e. The van der Waals surface area contributed by atoms with Crippen LogP contribution in [0.5, 0.6) is 11.5 Å². The van der Waals surface area contributed by atoms with Crippen LogP contribution < -0.4 is 10.1 Å². The molecular weight excluding hydrogens is 380 g/mol. The van der Waals surface area contributed by atoms with E-state index in [-0.39, 0.29) is 17.9 Å². The highest BCUT2D eigenvalue weighted by atomic mass is 35.5. The van der Waals surface area contributed by atoms with Crippen molar-refractivity contribution in [1.29, 1.82) is 0 Å². The van der Waals surface area contributed by atoms with Gasteiger partial charge in [-0.15, -0.1) is 0 Å². The number of methoxy groups -OCH3 is 1. The fourth-order valence-electron chi connectivity index (χ4n) is 2.29. The van der Waals surface area contributed by atoms with E-state index in [1.54, 1.807) is 24.3 Å². The standard InChI is InChI=1S/C19H18ClF2NO4/c1-26-17-10-12(2-7-16(17)24)8-9-23-18(25)15(11-27-19(21)22)13-3-5-14(20)6-4-13/h2-7,10-11,19,24H,8-9H2,1H3,(H,23,25). The van der Waals surface area contributed by atoms with E-state index in [2.05, 4.69) is 10.1 Å². The van der Waals surface area contributed by atoms with Crippen LogP contribution in [0.1, 0.15) is 11.1 Å². The molecule has 5 nitrogen and oxygen atoms in total. The molecule has 2 aromatic carbocycles. The molecule has 0 aromatic heterocycles. The minimum absolute atomic E-state index is 0.0161. The minimum atomic E-state index is -3.04. The zero-order valence-electron chi connectivity index (χ0n) is 14.4. The van der Waals surface area contributed by atoms with Crippen molar-refractivity contribution in [3.63, 3.8) is 0 Å². The molecule has 0 fully saturated rings. The highest BCUT2D eigenvalue weighted by Gasteiger charge is 2.14. The van der Waals surface area contributed by atoms with Gasteiger partial charge in [-0.3, -0.25) is 4.79 Å². The number of alkyl halides is 2. The third kappa shape index (κ3) is 6.14. The fourth-order valence-corrected chi connectivity index (χ4v) is 2.42. The maximum atomic E-state index is 12.4. The Morgan fingerprint density at radius 2 is 1.96 bits per heavy atom. The van der Waals surface area contributed by atoms with Crippen molar-refractivity contribution >= 4 is 23.1 Å². The predicted octanol–water partition coefficient (Wildman–Crippen LogP) is 3.99. The molecule has 0 heterocycles. The van der Waals surface area contributed by atoms with E-state index in [1.165, 1.54) is 25.3 Å². The predicted molar refractivity (Wildman–Crippen MR) is 97.9 cm³/mol. The lowest BCUT2D eigenvalue weighted by Gasteiger charge is -2.11. The highest BCUT2D eigenvalue weighted by molar-refractivity contribution is 6.30. The maximum Gasteiger partial charge on any atom is 0.386 e. The first kappa shape index (κ1) is 20.5. The van der Waals surface area contributed by atoms with Crippen molar-refractivity contribution in [1.82, 2.24) is 5.32 Å². The molecule has 0 unspecified atom stereocenters. The van der Waals surface area contributed by atoms with Gasteiger partial charge in [0, 0.05) is 11.6 Å². The second-order valence-electron chi connectivity index (χ2n) is 5.45. The third-order valence-corrected chi connectivity index (χ3v) is 3.88. The second kappa shape index (κ2) is 9.78. The highest BCUT2D eigenvalue weighted by Crippen LogP contribution is 2.26. The first-order valence-electron chi connectivity index (χ1n) is 7.94. The Morgan fingerprint density at radius 1 is 1.26 bits per heavy atom. The van der Waals surface area contributed by atoms with Crippen LogP contribution in [-0.2, 0) is 16.0 Å². The summed E-state index contributed by atoms with van der Waals surface area (Å²) in [4.78, 5) is 12.4. The van der Waals surface area contributed by atoms with Gasteiger partial charge in [0.1, 0.15) is 6.26 Å². The Balaban J connectivity index is 2.05. The molecule has 144 valence electrons. The summed E-state index contributed by atoms with van der Waals surface area (Å²) in [5, 5.41) is 12.7. The first-order chi connectivity index (χ1) is 12.9. The molecule has 0 radical (unpaired) electrons. The molecular formula is C19H18ClF2NO4. The van der Waals surface area contributed by atoms with Crippen molar-refractivity contribution in [2.24, 2.45) is 0 Å². The summed E-state index contributed by atoms with van der Waals surface area (Å²) in [6.07, 6.45) is 1.18. The normalized spacial score (nSPS) is 11.4. The molecule has 2 aromatic rings.